The van der Waals surface area contributed by atoms with Crippen LogP contribution >= 0.6 is 22.6 Å². The monoisotopic (exact) mass is 335 g/mol. The van der Waals surface area contributed by atoms with Gasteiger partial charge in [0.05, 0.1) is 9.26 Å². The zero-order chi connectivity index (χ0) is 12.0. The maximum absolute atomic E-state index is 12.1. The highest BCUT2D eigenvalue weighted by Gasteiger charge is 2.12. The molecule has 0 fully saturated rings. The van der Waals surface area contributed by atoms with Crippen LogP contribution in [-0.4, -0.2) is 4.57 Å². The average molecular weight is 335 g/mol. The molecule has 2 nitrogen and oxygen atoms in total. The van der Waals surface area contributed by atoms with Gasteiger partial charge in [-0.15, -0.1) is 0 Å². The van der Waals surface area contributed by atoms with Gasteiger partial charge in [-0.3, -0.25) is 4.79 Å². The van der Waals surface area contributed by atoms with Crippen LogP contribution in [0.25, 0.3) is 22.2 Å². The van der Waals surface area contributed by atoms with E-state index in [2.05, 4.69) is 33.2 Å². The molecule has 0 radical (unpaired) electrons. The Morgan fingerprint density at radius 3 is 2.71 bits per heavy atom. The first kappa shape index (κ1) is 10.8. The summed E-state index contributed by atoms with van der Waals surface area (Å²) in [6, 6.07) is 14.0. The predicted molar refractivity (Wildman–Crippen MR) is 78.5 cm³/mol. The molecule has 0 amide bonds. The van der Waals surface area contributed by atoms with E-state index >= 15 is 0 Å². The maximum Gasteiger partial charge on any atom is 0.201 e. The SMILES string of the molecule is Cn1c2ccc(I)c(=O)c-2cc2ccccc21. The fourth-order valence-electron chi connectivity index (χ4n) is 2.19. The van der Waals surface area contributed by atoms with Gasteiger partial charge in [-0.05, 0) is 52.2 Å². The van der Waals surface area contributed by atoms with Crippen LogP contribution in [0.4, 0.5) is 0 Å². The predicted octanol–water partition coefficient (Wildman–Crippen LogP) is 3.25. The van der Waals surface area contributed by atoms with E-state index in [1.165, 1.54) is 0 Å². The van der Waals surface area contributed by atoms with Gasteiger partial charge in [-0.1, -0.05) is 18.2 Å². The molecule has 1 heterocycles. The maximum atomic E-state index is 12.1. The molecule has 3 rings (SSSR count). The Bertz CT molecular complexity index is 745. The van der Waals surface area contributed by atoms with E-state index in [9.17, 15) is 4.79 Å². The normalized spacial score (nSPS) is 11.2. The Morgan fingerprint density at radius 2 is 1.88 bits per heavy atom. The molecule has 0 spiro atoms. The molecule has 17 heavy (non-hydrogen) atoms. The number of fused-ring (bicyclic) bond motifs is 2. The largest absolute Gasteiger partial charge is 0.344 e. The fraction of sp³-hybridized carbons (Fsp3) is 0.0714. The number of para-hydroxylation sites is 1. The van der Waals surface area contributed by atoms with E-state index in [-0.39, 0.29) is 5.43 Å². The van der Waals surface area contributed by atoms with Crippen molar-refractivity contribution in [3.8, 4) is 11.3 Å². The summed E-state index contributed by atoms with van der Waals surface area (Å²) in [7, 11) is 2.00. The van der Waals surface area contributed by atoms with Crippen LogP contribution < -0.4 is 5.43 Å². The number of benzene rings is 2. The first-order valence-corrected chi connectivity index (χ1v) is 6.43. The van der Waals surface area contributed by atoms with Crippen molar-refractivity contribution < 1.29 is 0 Å². The molecule has 3 heteroatoms. The van der Waals surface area contributed by atoms with Crippen molar-refractivity contribution >= 4 is 33.5 Å². The van der Waals surface area contributed by atoms with Gasteiger partial charge in [0.1, 0.15) is 0 Å². The number of aromatic nitrogens is 1. The number of nitrogens with zero attached hydrogens (tertiary/aromatic N) is 1. The minimum absolute atomic E-state index is 0.115. The zero-order valence-electron chi connectivity index (χ0n) is 9.27. The highest BCUT2D eigenvalue weighted by atomic mass is 127. The van der Waals surface area contributed by atoms with Crippen LogP contribution in [0.15, 0.2) is 47.3 Å². The molecule has 0 atom stereocenters. The van der Waals surface area contributed by atoms with Gasteiger partial charge in [0.15, 0.2) is 0 Å². The lowest BCUT2D eigenvalue weighted by molar-refractivity contribution is 0.959. The molecule has 1 aromatic carbocycles. The van der Waals surface area contributed by atoms with Crippen LogP contribution in [-0.2, 0) is 7.05 Å². The zero-order valence-corrected chi connectivity index (χ0v) is 11.4. The average Bonchev–Trinajstić information content (AvgIpc) is 2.35. The van der Waals surface area contributed by atoms with Gasteiger partial charge < -0.3 is 4.57 Å². The molecule has 1 aliphatic carbocycles. The summed E-state index contributed by atoms with van der Waals surface area (Å²) >= 11 is 2.09. The number of rotatable bonds is 0. The molecule has 0 saturated carbocycles. The van der Waals surface area contributed by atoms with E-state index in [0.717, 1.165) is 25.7 Å². The van der Waals surface area contributed by atoms with Gasteiger partial charge in [0.2, 0.25) is 5.43 Å². The Labute approximate surface area is 112 Å². The minimum Gasteiger partial charge on any atom is -0.344 e. The summed E-state index contributed by atoms with van der Waals surface area (Å²) in [6.45, 7) is 0. The van der Waals surface area contributed by atoms with Gasteiger partial charge in [0.25, 0.3) is 0 Å². The van der Waals surface area contributed by atoms with Crippen molar-refractivity contribution in [1.82, 2.24) is 4.57 Å². The van der Waals surface area contributed by atoms with Crippen LogP contribution in [0, 0.1) is 3.57 Å². The van der Waals surface area contributed by atoms with Crippen molar-refractivity contribution in [3.05, 3.63) is 56.3 Å². The summed E-state index contributed by atoms with van der Waals surface area (Å²) in [6.07, 6.45) is 0. The van der Waals surface area contributed by atoms with Crippen molar-refractivity contribution in [1.29, 1.82) is 0 Å². The molecule has 0 aromatic heterocycles. The first-order valence-electron chi connectivity index (χ1n) is 5.35. The van der Waals surface area contributed by atoms with Crippen molar-refractivity contribution in [3.63, 3.8) is 0 Å². The van der Waals surface area contributed by atoms with Gasteiger partial charge >= 0.3 is 0 Å². The van der Waals surface area contributed by atoms with E-state index in [4.69, 9.17) is 0 Å². The lowest BCUT2D eigenvalue weighted by atomic mass is 10.1. The van der Waals surface area contributed by atoms with Crippen LogP contribution in [0.2, 0.25) is 0 Å². The summed E-state index contributed by atoms with van der Waals surface area (Å²) < 4.78 is 2.84. The highest BCUT2D eigenvalue weighted by Crippen LogP contribution is 2.25. The second-order valence-electron chi connectivity index (χ2n) is 4.07. The van der Waals surface area contributed by atoms with E-state index in [0.29, 0.717) is 0 Å². The molecule has 2 aliphatic rings. The Morgan fingerprint density at radius 1 is 1.12 bits per heavy atom. The van der Waals surface area contributed by atoms with Gasteiger partial charge in [-0.25, -0.2) is 0 Å². The molecule has 0 N–H and O–H groups in total. The van der Waals surface area contributed by atoms with Crippen LogP contribution in [0.5, 0.6) is 0 Å². The third-order valence-electron chi connectivity index (χ3n) is 3.08. The molecule has 1 aliphatic heterocycles. The summed E-state index contributed by atoms with van der Waals surface area (Å²) in [4.78, 5) is 12.1. The lowest BCUT2D eigenvalue weighted by Gasteiger charge is -2.14. The second kappa shape index (κ2) is 3.84. The molecular weight excluding hydrogens is 325 g/mol. The lowest BCUT2D eigenvalue weighted by Crippen LogP contribution is -2.13. The second-order valence-corrected chi connectivity index (χ2v) is 5.23. The summed E-state index contributed by atoms with van der Waals surface area (Å²) in [5.74, 6) is 0. The van der Waals surface area contributed by atoms with E-state index in [1.54, 1.807) is 0 Å². The number of halogens is 1. The van der Waals surface area contributed by atoms with Crippen LogP contribution in [0.1, 0.15) is 0 Å². The Kier molecular flexibility index (Phi) is 2.43. The fourth-order valence-corrected chi connectivity index (χ4v) is 2.67. The number of aryl methyl sites for hydroxylation is 1. The topological polar surface area (TPSA) is 22.0 Å². The minimum atomic E-state index is 0.115. The van der Waals surface area contributed by atoms with E-state index in [1.807, 2.05) is 43.4 Å². The Balaban J connectivity index is 2.60. The van der Waals surface area contributed by atoms with E-state index < -0.39 is 0 Å². The number of pyridine rings is 1. The van der Waals surface area contributed by atoms with Gasteiger partial charge in [0, 0.05) is 18.1 Å². The summed E-state index contributed by atoms with van der Waals surface area (Å²) in [5, 5.41) is 1.10. The van der Waals surface area contributed by atoms with Crippen LogP contribution in [0.3, 0.4) is 0 Å². The quantitative estimate of drug-likeness (QED) is 0.457. The molecule has 0 saturated heterocycles. The Hall–Kier alpha value is -1.36. The molecule has 84 valence electrons. The third-order valence-corrected chi connectivity index (χ3v) is 3.93. The molecule has 1 aromatic rings. The highest BCUT2D eigenvalue weighted by molar-refractivity contribution is 14.1. The molecular formula is C14H10INO. The first-order chi connectivity index (χ1) is 8.18. The molecule has 0 bridgehead atoms. The van der Waals surface area contributed by atoms with Crippen molar-refractivity contribution in [2.75, 3.05) is 0 Å². The van der Waals surface area contributed by atoms with Crippen molar-refractivity contribution in [2.24, 2.45) is 7.05 Å². The summed E-state index contributed by atoms with van der Waals surface area (Å²) in [5.41, 5.74) is 3.03. The number of hydrogen-bond donors (Lipinski definition) is 0. The number of hydrogen-bond acceptors (Lipinski definition) is 1. The molecule has 0 unspecified atom stereocenters. The third kappa shape index (κ3) is 1.57. The van der Waals surface area contributed by atoms with Crippen molar-refractivity contribution in [2.45, 2.75) is 0 Å². The smallest absolute Gasteiger partial charge is 0.201 e. The standard InChI is InChI=1S/C14H10INO/c1-16-12-5-3-2-4-9(12)8-10-13(16)7-6-11(15)14(10)17/h2-8H,1H3. The van der Waals surface area contributed by atoms with Gasteiger partial charge in [-0.2, -0.15) is 0 Å².